The quantitative estimate of drug-likeness (QED) is 0.595. The Balaban J connectivity index is 3.65. The fourth-order valence-electron chi connectivity index (χ4n) is 1.18. The SMILES string of the molecule is CCCCOC(C)(C)CC(O)CO. The number of aliphatic hydroxyl groups excluding tert-OH is 2. The molecule has 3 heteroatoms. The van der Waals surface area contributed by atoms with Gasteiger partial charge in [0.15, 0.2) is 0 Å². The highest BCUT2D eigenvalue weighted by atomic mass is 16.5. The van der Waals surface area contributed by atoms with Gasteiger partial charge < -0.3 is 14.9 Å². The Morgan fingerprint density at radius 2 is 2.00 bits per heavy atom. The molecule has 0 aliphatic rings. The van der Waals surface area contributed by atoms with Gasteiger partial charge >= 0.3 is 0 Å². The molecular weight excluding hydrogens is 168 g/mol. The molecule has 0 aromatic rings. The van der Waals surface area contributed by atoms with Crippen LogP contribution in [0.4, 0.5) is 0 Å². The van der Waals surface area contributed by atoms with Crippen molar-refractivity contribution in [3.63, 3.8) is 0 Å². The van der Waals surface area contributed by atoms with Crippen LogP contribution in [0.1, 0.15) is 40.0 Å². The van der Waals surface area contributed by atoms with Crippen LogP contribution >= 0.6 is 0 Å². The van der Waals surface area contributed by atoms with E-state index in [0.29, 0.717) is 6.42 Å². The van der Waals surface area contributed by atoms with Crippen molar-refractivity contribution in [3.05, 3.63) is 0 Å². The second-order valence-electron chi connectivity index (χ2n) is 4.00. The van der Waals surface area contributed by atoms with Gasteiger partial charge in [-0.25, -0.2) is 0 Å². The van der Waals surface area contributed by atoms with Crippen LogP contribution < -0.4 is 0 Å². The molecule has 80 valence electrons. The predicted octanol–water partition coefficient (Wildman–Crippen LogP) is 1.32. The summed E-state index contributed by atoms with van der Waals surface area (Å²) in [5.74, 6) is 0. The van der Waals surface area contributed by atoms with Crippen molar-refractivity contribution in [2.45, 2.75) is 51.7 Å². The van der Waals surface area contributed by atoms with Crippen molar-refractivity contribution in [1.29, 1.82) is 0 Å². The molecule has 13 heavy (non-hydrogen) atoms. The molecule has 0 saturated heterocycles. The van der Waals surface area contributed by atoms with E-state index in [-0.39, 0.29) is 12.2 Å². The van der Waals surface area contributed by atoms with Gasteiger partial charge in [-0.05, 0) is 20.3 Å². The molecule has 0 bridgehead atoms. The first-order chi connectivity index (χ1) is 6.02. The zero-order chi connectivity index (χ0) is 10.3. The molecule has 0 spiro atoms. The van der Waals surface area contributed by atoms with Gasteiger partial charge in [-0.3, -0.25) is 0 Å². The van der Waals surface area contributed by atoms with E-state index >= 15 is 0 Å². The Hall–Kier alpha value is -0.120. The monoisotopic (exact) mass is 190 g/mol. The van der Waals surface area contributed by atoms with Crippen molar-refractivity contribution < 1.29 is 14.9 Å². The summed E-state index contributed by atoms with van der Waals surface area (Å²) < 4.78 is 5.57. The second-order valence-corrected chi connectivity index (χ2v) is 4.00. The third kappa shape index (κ3) is 6.99. The molecule has 0 fully saturated rings. The molecule has 0 saturated carbocycles. The topological polar surface area (TPSA) is 49.7 Å². The lowest BCUT2D eigenvalue weighted by Crippen LogP contribution is -2.32. The van der Waals surface area contributed by atoms with E-state index in [1.165, 1.54) is 0 Å². The first kappa shape index (κ1) is 12.9. The van der Waals surface area contributed by atoms with Crippen LogP contribution in [0.15, 0.2) is 0 Å². The third-order valence-corrected chi connectivity index (χ3v) is 1.93. The molecule has 1 unspecified atom stereocenters. The van der Waals surface area contributed by atoms with Crippen molar-refractivity contribution in [1.82, 2.24) is 0 Å². The maximum absolute atomic E-state index is 9.22. The number of hydrogen-bond acceptors (Lipinski definition) is 3. The molecule has 0 rings (SSSR count). The van der Waals surface area contributed by atoms with Crippen molar-refractivity contribution in [3.8, 4) is 0 Å². The summed E-state index contributed by atoms with van der Waals surface area (Å²) in [6.07, 6.45) is 1.96. The summed E-state index contributed by atoms with van der Waals surface area (Å²) in [6.45, 7) is 6.50. The first-order valence-corrected chi connectivity index (χ1v) is 4.94. The Bertz CT molecular complexity index is 123. The minimum absolute atomic E-state index is 0.194. The van der Waals surface area contributed by atoms with Gasteiger partial charge in [-0.1, -0.05) is 13.3 Å². The Morgan fingerprint density at radius 1 is 1.38 bits per heavy atom. The molecule has 0 aliphatic heterocycles. The average molecular weight is 190 g/mol. The minimum Gasteiger partial charge on any atom is -0.394 e. The molecule has 3 nitrogen and oxygen atoms in total. The van der Waals surface area contributed by atoms with Gasteiger partial charge in [0.1, 0.15) is 0 Å². The highest BCUT2D eigenvalue weighted by molar-refractivity contribution is 4.73. The van der Waals surface area contributed by atoms with Gasteiger partial charge in [0.25, 0.3) is 0 Å². The summed E-state index contributed by atoms with van der Waals surface area (Å²) in [5, 5.41) is 17.9. The predicted molar refractivity (Wildman–Crippen MR) is 52.6 cm³/mol. The zero-order valence-electron chi connectivity index (χ0n) is 8.92. The van der Waals surface area contributed by atoms with Gasteiger partial charge in [0, 0.05) is 13.0 Å². The number of hydrogen-bond donors (Lipinski definition) is 2. The first-order valence-electron chi connectivity index (χ1n) is 4.94. The maximum Gasteiger partial charge on any atom is 0.0798 e. The Labute approximate surface area is 80.7 Å². The van der Waals surface area contributed by atoms with Gasteiger partial charge in [-0.2, -0.15) is 0 Å². The van der Waals surface area contributed by atoms with Crippen molar-refractivity contribution >= 4 is 0 Å². The number of ether oxygens (including phenoxy) is 1. The van der Waals surface area contributed by atoms with Crippen molar-refractivity contribution in [2.75, 3.05) is 13.2 Å². The van der Waals surface area contributed by atoms with Gasteiger partial charge in [0.05, 0.1) is 18.3 Å². The standard InChI is InChI=1S/C10H22O3/c1-4-5-6-13-10(2,3)7-9(12)8-11/h9,11-12H,4-8H2,1-3H3. The third-order valence-electron chi connectivity index (χ3n) is 1.93. The van der Waals surface area contributed by atoms with Crippen LogP contribution in [-0.2, 0) is 4.74 Å². The summed E-state index contributed by atoms with van der Waals surface area (Å²) in [6, 6.07) is 0. The zero-order valence-corrected chi connectivity index (χ0v) is 8.92. The maximum atomic E-state index is 9.22. The molecule has 0 amide bonds. The molecule has 0 radical (unpaired) electrons. The van der Waals surface area contributed by atoms with Crippen LogP contribution in [0.25, 0.3) is 0 Å². The number of unbranched alkanes of at least 4 members (excludes halogenated alkanes) is 1. The normalized spacial score (nSPS) is 14.5. The fraction of sp³-hybridized carbons (Fsp3) is 1.00. The summed E-state index contributed by atoms with van der Waals surface area (Å²) in [5.41, 5.74) is -0.336. The molecule has 1 atom stereocenters. The van der Waals surface area contributed by atoms with E-state index < -0.39 is 6.10 Å². The van der Waals surface area contributed by atoms with E-state index in [0.717, 1.165) is 19.4 Å². The Kier molecular flexibility index (Phi) is 6.29. The van der Waals surface area contributed by atoms with Crippen LogP contribution in [0.3, 0.4) is 0 Å². The van der Waals surface area contributed by atoms with E-state index in [1.54, 1.807) is 0 Å². The summed E-state index contributed by atoms with van der Waals surface area (Å²) in [4.78, 5) is 0. The van der Waals surface area contributed by atoms with E-state index in [4.69, 9.17) is 9.84 Å². The van der Waals surface area contributed by atoms with Crippen LogP contribution in [0, 0.1) is 0 Å². The van der Waals surface area contributed by atoms with E-state index in [2.05, 4.69) is 6.92 Å². The number of aliphatic hydroxyl groups is 2. The molecule has 0 aromatic carbocycles. The minimum atomic E-state index is -0.670. The highest BCUT2D eigenvalue weighted by Crippen LogP contribution is 2.17. The molecule has 2 N–H and O–H groups in total. The fourth-order valence-corrected chi connectivity index (χ4v) is 1.18. The average Bonchev–Trinajstić information content (AvgIpc) is 2.03. The second kappa shape index (κ2) is 6.35. The van der Waals surface area contributed by atoms with Crippen LogP contribution in [-0.4, -0.2) is 35.1 Å². The summed E-state index contributed by atoms with van der Waals surface area (Å²) in [7, 11) is 0. The van der Waals surface area contributed by atoms with Crippen molar-refractivity contribution in [2.24, 2.45) is 0 Å². The molecule has 0 aromatic heterocycles. The smallest absolute Gasteiger partial charge is 0.0798 e. The molecule has 0 heterocycles. The van der Waals surface area contributed by atoms with Gasteiger partial charge in [0.2, 0.25) is 0 Å². The molecular formula is C10H22O3. The van der Waals surface area contributed by atoms with Crippen LogP contribution in [0.5, 0.6) is 0 Å². The lowest BCUT2D eigenvalue weighted by atomic mass is 10.0. The highest BCUT2D eigenvalue weighted by Gasteiger charge is 2.21. The molecule has 0 aliphatic carbocycles. The summed E-state index contributed by atoms with van der Waals surface area (Å²) >= 11 is 0. The number of rotatable bonds is 7. The largest absolute Gasteiger partial charge is 0.394 e. The van der Waals surface area contributed by atoms with Gasteiger partial charge in [-0.15, -0.1) is 0 Å². The van der Waals surface area contributed by atoms with E-state index in [9.17, 15) is 5.11 Å². The lowest BCUT2D eigenvalue weighted by molar-refractivity contribution is -0.0586. The van der Waals surface area contributed by atoms with Crippen LogP contribution in [0.2, 0.25) is 0 Å². The Morgan fingerprint density at radius 3 is 2.46 bits per heavy atom. The lowest BCUT2D eigenvalue weighted by Gasteiger charge is -2.27. The van der Waals surface area contributed by atoms with E-state index in [1.807, 2.05) is 13.8 Å².